The molecule has 2 heterocycles. The van der Waals surface area contributed by atoms with Crippen LogP contribution in [0.5, 0.6) is 11.5 Å². The molecule has 0 fully saturated rings. The van der Waals surface area contributed by atoms with Crippen LogP contribution in [0, 0.1) is 0 Å². The standard InChI is InChI=1S/C13H12N2O2S/c1-9(11-7-15(18)8-14-11)10-2-3-12-13(6-10)17-5-4-16-12/h2-3,6-8,18H,1,4-5H2. The van der Waals surface area contributed by atoms with Crippen LogP contribution in [0.1, 0.15) is 11.3 Å². The highest BCUT2D eigenvalue weighted by Crippen LogP contribution is 2.33. The van der Waals surface area contributed by atoms with E-state index in [0.29, 0.717) is 13.2 Å². The van der Waals surface area contributed by atoms with Gasteiger partial charge in [-0.2, -0.15) is 0 Å². The van der Waals surface area contributed by atoms with Crippen LogP contribution < -0.4 is 9.47 Å². The lowest BCUT2D eigenvalue weighted by Gasteiger charge is -2.19. The number of thiol groups is 1. The van der Waals surface area contributed by atoms with Crippen molar-refractivity contribution >= 4 is 18.4 Å². The zero-order valence-corrected chi connectivity index (χ0v) is 10.6. The quantitative estimate of drug-likeness (QED) is 0.842. The van der Waals surface area contributed by atoms with Gasteiger partial charge in [0.15, 0.2) is 11.5 Å². The summed E-state index contributed by atoms with van der Waals surface area (Å²) in [7, 11) is 0. The third-order valence-electron chi connectivity index (χ3n) is 2.77. The normalized spacial score (nSPS) is 13.4. The molecular formula is C13H12N2O2S. The van der Waals surface area contributed by atoms with Crippen LogP contribution in [0.15, 0.2) is 37.3 Å². The topological polar surface area (TPSA) is 36.3 Å². The predicted octanol–water partition coefficient (Wildman–Crippen LogP) is 2.41. The second-order valence-corrected chi connectivity index (χ2v) is 4.44. The Balaban J connectivity index is 1.95. The lowest BCUT2D eigenvalue weighted by Crippen LogP contribution is -2.15. The van der Waals surface area contributed by atoms with Crippen molar-refractivity contribution in [3.8, 4) is 11.5 Å². The summed E-state index contributed by atoms with van der Waals surface area (Å²) in [5, 5.41) is 0. The number of ether oxygens (including phenoxy) is 2. The van der Waals surface area contributed by atoms with E-state index in [1.807, 2.05) is 24.4 Å². The van der Waals surface area contributed by atoms with E-state index in [1.54, 1.807) is 10.3 Å². The molecule has 18 heavy (non-hydrogen) atoms. The van der Waals surface area contributed by atoms with Crippen molar-refractivity contribution in [2.45, 2.75) is 0 Å². The van der Waals surface area contributed by atoms with Crippen molar-refractivity contribution in [3.63, 3.8) is 0 Å². The smallest absolute Gasteiger partial charge is 0.161 e. The van der Waals surface area contributed by atoms with Gasteiger partial charge in [0.25, 0.3) is 0 Å². The van der Waals surface area contributed by atoms with Gasteiger partial charge in [0, 0.05) is 11.8 Å². The molecule has 1 aliphatic heterocycles. The maximum absolute atomic E-state index is 5.55. The van der Waals surface area contributed by atoms with E-state index in [2.05, 4.69) is 24.4 Å². The van der Waals surface area contributed by atoms with Gasteiger partial charge in [-0.25, -0.2) is 4.98 Å². The van der Waals surface area contributed by atoms with Crippen molar-refractivity contribution in [1.82, 2.24) is 8.96 Å². The summed E-state index contributed by atoms with van der Waals surface area (Å²) in [5.41, 5.74) is 2.59. The fourth-order valence-electron chi connectivity index (χ4n) is 1.85. The highest BCUT2D eigenvalue weighted by atomic mass is 32.1. The van der Waals surface area contributed by atoms with Gasteiger partial charge in [-0.15, -0.1) is 0 Å². The summed E-state index contributed by atoms with van der Waals surface area (Å²) >= 11 is 4.16. The minimum absolute atomic E-state index is 0.578. The average molecular weight is 260 g/mol. The maximum atomic E-state index is 5.55. The zero-order valence-electron chi connectivity index (χ0n) is 9.67. The lowest BCUT2D eigenvalue weighted by atomic mass is 10.0. The summed E-state index contributed by atoms with van der Waals surface area (Å²) in [6, 6.07) is 5.77. The average Bonchev–Trinajstić information content (AvgIpc) is 2.84. The first-order valence-corrected chi connectivity index (χ1v) is 5.96. The first kappa shape index (κ1) is 11.2. The molecular weight excluding hydrogens is 248 g/mol. The van der Waals surface area contributed by atoms with Crippen LogP contribution in [-0.2, 0) is 0 Å². The lowest BCUT2D eigenvalue weighted by molar-refractivity contribution is 0.171. The molecule has 1 aromatic carbocycles. The second kappa shape index (κ2) is 4.42. The van der Waals surface area contributed by atoms with Gasteiger partial charge in [0.1, 0.15) is 19.5 Å². The molecule has 0 N–H and O–H groups in total. The van der Waals surface area contributed by atoms with E-state index in [-0.39, 0.29) is 0 Å². The summed E-state index contributed by atoms with van der Waals surface area (Å²) in [5.74, 6) is 1.53. The SMILES string of the molecule is C=C(c1ccc2c(c1)OCCO2)c1cn(S)cn1. The first-order valence-electron chi connectivity index (χ1n) is 5.56. The number of hydrogen-bond donors (Lipinski definition) is 1. The first-order chi connectivity index (χ1) is 8.74. The molecule has 5 heteroatoms. The molecule has 1 aliphatic rings. The molecule has 0 unspecified atom stereocenters. The number of hydrogen-bond acceptors (Lipinski definition) is 4. The summed E-state index contributed by atoms with van der Waals surface area (Å²) in [4.78, 5) is 4.22. The van der Waals surface area contributed by atoms with Crippen LogP contribution in [0.2, 0.25) is 0 Å². The van der Waals surface area contributed by atoms with Crippen LogP contribution >= 0.6 is 12.8 Å². The van der Waals surface area contributed by atoms with Crippen LogP contribution in [-0.4, -0.2) is 22.2 Å². The summed E-state index contributed by atoms with van der Waals surface area (Å²) in [6.45, 7) is 5.22. The Morgan fingerprint density at radius 3 is 2.78 bits per heavy atom. The van der Waals surface area contributed by atoms with Crippen molar-refractivity contribution in [3.05, 3.63) is 48.6 Å². The van der Waals surface area contributed by atoms with Gasteiger partial charge in [-0.05, 0) is 17.7 Å². The maximum Gasteiger partial charge on any atom is 0.161 e. The van der Waals surface area contributed by atoms with Gasteiger partial charge in [0.2, 0.25) is 0 Å². The molecule has 92 valence electrons. The molecule has 2 aromatic rings. The Hall–Kier alpha value is -1.88. The fraction of sp³-hybridized carbons (Fsp3) is 0.154. The number of benzene rings is 1. The Labute approximate surface area is 110 Å². The van der Waals surface area contributed by atoms with E-state index in [1.165, 1.54) is 0 Å². The molecule has 1 aromatic heterocycles. The molecule has 0 spiro atoms. The third kappa shape index (κ3) is 1.97. The Kier molecular flexibility index (Phi) is 2.76. The fourth-order valence-corrected chi connectivity index (χ4v) is 2.01. The highest BCUT2D eigenvalue weighted by molar-refractivity contribution is 7.78. The van der Waals surface area contributed by atoms with E-state index in [0.717, 1.165) is 28.3 Å². The van der Waals surface area contributed by atoms with E-state index >= 15 is 0 Å². The van der Waals surface area contributed by atoms with Gasteiger partial charge in [0.05, 0.1) is 5.69 Å². The van der Waals surface area contributed by atoms with E-state index in [4.69, 9.17) is 9.47 Å². The largest absolute Gasteiger partial charge is 0.486 e. The molecule has 0 bridgehead atoms. The van der Waals surface area contributed by atoms with E-state index in [9.17, 15) is 0 Å². The number of imidazole rings is 1. The molecule has 0 aliphatic carbocycles. The van der Waals surface area contributed by atoms with E-state index < -0.39 is 0 Å². The summed E-state index contributed by atoms with van der Waals surface area (Å²) < 4.78 is 12.6. The molecule has 0 saturated carbocycles. The molecule has 4 nitrogen and oxygen atoms in total. The van der Waals surface area contributed by atoms with Gasteiger partial charge < -0.3 is 9.47 Å². The minimum atomic E-state index is 0.578. The van der Waals surface area contributed by atoms with Gasteiger partial charge in [-0.1, -0.05) is 25.5 Å². The Morgan fingerprint density at radius 1 is 1.28 bits per heavy atom. The molecule has 0 radical (unpaired) electrons. The van der Waals surface area contributed by atoms with Crippen LogP contribution in [0.3, 0.4) is 0 Å². The molecule has 0 saturated heterocycles. The van der Waals surface area contributed by atoms with Crippen molar-refractivity contribution in [2.75, 3.05) is 13.2 Å². The van der Waals surface area contributed by atoms with Crippen molar-refractivity contribution < 1.29 is 9.47 Å². The van der Waals surface area contributed by atoms with Crippen LogP contribution in [0.25, 0.3) is 5.57 Å². The minimum Gasteiger partial charge on any atom is -0.486 e. The van der Waals surface area contributed by atoms with Crippen molar-refractivity contribution in [2.24, 2.45) is 0 Å². The number of nitrogens with zero attached hydrogens (tertiary/aromatic N) is 2. The van der Waals surface area contributed by atoms with Crippen molar-refractivity contribution in [1.29, 1.82) is 0 Å². The molecule has 3 rings (SSSR count). The monoisotopic (exact) mass is 260 g/mol. The predicted molar refractivity (Wildman–Crippen MR) is 72.2 cm³/mol. The number of fused-ring (bicyclic) bond motifs is 1. The van der Waals surface area contributed by atoms with Gasteiger partial charge in [-0.3, -0.25) is 3.97 Å². The third-order valence-corrected chi connectivity index (χ3v) is 2.99. The summed E-state index contributed by atoms with van der Waals surface area (Å²) in [6.07, 6.45) is 3.43. The highest BCUT2D eigenvalue weighted by Gasteiger charge is 2.14. The zero-order chi connectivity index (χ0) is 12.5. The second-order valence-electron chi connectivity index (χ2n) is 3.98. The Morgan fingerprint density at radius 2 is 2.06 bits per heavy atom. The van der Waals surface area contributed by atoms with Crippen LogP contribution in [0.4, 0.5) is 0 Å². The molecule has 0 atom stereocenters. The number of aromatic nitrogens is 2. The molecule has 0 amide bonds. The number of rotatable bonds is 2. The van der Waals surface area contributed by atoms with Gasteiger partial charge >= 0.3 is 0 Å². The Bertz CT molecular complexity index is 607.